The molecule has 7 nitrogen and oxygen atoms in total. The molecule has 0 bridgehead atoms. The molecule has 7 aromatic heterocycles. The average molecular weight is 946 g/mol. The number of pyridine rings is 2. The lowest BCUT2D eigenvalue weighted by Crippen LogP contribution is -2.06. The maximum absolute atomic E-state index is 5.33. The van der Waals surface area contributed by atoms with Crippen molar-refractivity contribution in [1.29, 1.82) is 0 Å². The summed E-state index contributed by atoms with van der Waals surface area (Å²) in [6.45, 7) is 0. The number of fused-ring (bicyclic) bond motifs is 10. The zero-order valence-electron chi connectivity index (χ0n) is 40.0. The van der Waals surface area contributed by atoms with Crippen molar-refractivity contribution in [3.63, 3.8) is 0 Å². The Labute approximate surface area is 425 Å². The maximum Gasteiger partial charge on any atom is 0.238 e. The fourth-order valence-corrected chi connectivity index (χ4v) is 11.4. The van der Waals surface area contributed by atoms with Gasteiger partial charge in [-0.2, -0.15) is 9.97 Å². The van der Waals surface area contributed by atoms with Gasteiger partial charge in [-0.15, -0.1) is 0 Å². The van der Waals surface area contributed by atoms with Crippen LogP contribution in [0.1, 0.15) is 0 Å². The summed E-state index contributed by atoms with van der Waals surface area (Å²) in [7, 11) is 0. The van der Waals surface area contributed by atoms with Crippen LogP contribution in [-0.4, -0.2) is 32.9 Å². The van der Waals surface area contributed by atoms with Gasteiger partial charge in [0.05, 0.1) is 44.5 Å². The lowest BCUT2D eigenvalue weighted by molar-refractivity contribution is 0.954. The van der Waals surface area contributed by atoms with E-state index in [1.165, 1.54) is 33.1 Å². The van der Waals surface area contributed by atoms with Crippen molar-refractivity contribution in [2.24, 2.45) is 0 Å². The Morgan fingerprint density at radius 1 is 0.270 bits per heavy atom. The number of rotatable bonds is 8. The zero-order chi connectivity index (χ0) is 48.7. The Balaban J connectivity index is 1.01. The van der Waals surface area contributed by atoms with Gasteiger partial charge in [0.25, 0.3) is 0 Å². The molecule has 15 rings (SSSR count). The zero-order valence-corrected chi connectivity index (χ0v) is 40.0. The van der Waals surface area contributed by atoms with E-state index in [9.17, 15) is 0 Å². The summed E-state index contributed by atoms with van der Waals surface area (Å²) >= 11 is 0. The first-order chi connectivity index (χ1) is 36.7. The second kappa shape index (κ2) is 16.8. The summed E-state index contributed by atoms with van der Waals surface area (Å²) in [4.78, 5) is 15.8. The number of nitrogens with zero attached hydrogens (tertiary/aromatic N) is 7. The summed E-state index contributed by atoms with van der Waals surface area (Å²) in [5.74, 6) is 1.78. The fourth-order valence-electron chi connectivity index (χ4n) is 11.4. The SMILES string of the molecule is c1ccc(-c2ccc(-n3c4ccc(-c5ccc6c(c5)c5c(-c7ccccc7)n7ccccc7c5n6-c5nc(-c6ccccc6)nc(-c6ccccc6)n5)cc4c4c(-c5ccccc5)n5ccccc5c43)cc2)cc1. The first-order valence-corrected chi connectivity index (χ1v) is 25.0. The molecule has 0 aliphatic heterocycles. The van der Waals surface area contributed by atoms with Crippen molar-refractivity contribution in [3.05, 3.63) is 261 Å². The molecule has 0 unspecified atom stereocenters. The molecule has 0 radical (unpaired) electrons. The summed E-state index contributed by atoms with van der Waals surface area (Å²) in [5, 5.41) is 4.62. The maximum atomic E-state index is 5.33. The molecule has 0 fully saturated rings. The molecule has 0 aliphatic carbocycles. The van der Waals surface area contributed by atoms with E-state index in [2.05, 4.69) is 243 Å². The van der Waals surface area contributed by atoms with Crippen LogP contribution < -0.4 is 0 Å². The highest BCUT2D eigenvalue weighted by molar-refractivity contribution is 6.23. The fraction of sp³-hybridized carbons (Fsp3) is 0. The Hall–Kier alpha value is -10.1. The lowest BCUT2D eigenvalue weighted by Gasteiger charge is -2.12. The normalized spacial score (nSPS) is 11.8. The van der Waals surface area contributed by atoms with Crippen LogP contribution in [0.15, 0.2) is 261 Å². The summed E-state index contributed by atoms with van der Waals surface area (Å²) in [6, 6.07) is 88.4. The van der Waals surface area contributed by atoms with E-state index >= 15 is 0 Å². The molecule has 0 saturated heterocycles. The molecule has 0 N–H and O–H groups in total. The van der Waals surface area contributed by atoms with Crippen LogP contribution in [0.5, 0.6) is 0 Å². The minimum atomic E-state index is 0.553. The van der Waals surface area contributed by atoms with Gasteiger partial charge >= 0.3 is 0 Å². The van der Waals surface area contributed by atoms with Gasteiger partial charge in [0.15, 0.2) is 11.6 Å². The molecule has 0 saturated carbocycles. The molecule has 7 heteroatoms. The molecule has 0 amide bonds. The van der Waals surface area contributed by atoms with Crippen molar-refractivity contribution in [1.82, 2.24) is 32.9 Å². The molecular weight excluding hydrogens is 903 g/mol. The molecule has 8 aromatic carbocycles. The van der Waals surface area contributed by atoms with Crippen LogP contribution in [0.4, 0.5) is 0 Å². The second-order valence-electron chi connectivity index (χ2n) is 18.9. The predicted molar refractivity (Wildman–Crippen MR) is 303 cm³/mol. The first-order valence-electron chi connectivity index (χ1n) is 25.0. The number of hydrogen-bond donors (Lipinski definition) is 0. The van der Waals surface area contributed by atoms with Crippen LogP contribution in [-0.2, 0) is 0 Å². The largest absolute Gasteiger partial charge is 0.314 e. The van der Waals surface area contributed by atoms with Gasteiger partial charge in [-0.25, -0.2) is 4.98 Å². The molecule has 346 valence electrons. The van der Waals surface area contributed by atoms with E-state index < -0.39 is 0 Å². The quantitative estimate of drug-likeness (QED) is 0.152. The second-order valence-corrected chi connectivity index (χ2v) is 18.9. The minimum Gasteiger partial charge on any atom is -0.314 e. The number of aromatic nitrogens is 7. The highest BCUT2D eigenvalue weighted by Gasteiger charge is 2.27. The molecule has 0 spiro atoms. The molecule has 15 aromatic rings. The van der Waals surface area contributed by atoms with Gasteiger partial charge in [0, 0.05) is 50.8 Å². The van der Waals surface area contributed by atoms with E-state index in [1.54, 1.807) is 0 Å². The third-order valence-corrected chi connectivity index (χ3v) is 14.6. The third-order valence-electron chi connectivity index (χ3n) is 14.6. The van der Waals surface area contributed by atoms with Crippen molar-refractivity contribution in [2.75, 3.05) is 0 Å². The van der Waals surface area contributed by atoms with Crippen LogP contribution >= 0.6 is 0 Å². The van der Waals surface area contributed by atoms with Crippen LogP contribution in [0, 0.1) is 0 Å². The van der Waals surface area contributed by atoms with Crippen molar-refractivity contribution in [2.45, 2.75) is 0 Å². The number of benzene rings is 8. The molecule has 74 heavy (non-hydrogen) atoms. The highest BCUT2D eigenvalue weighted by Crippen LogP contribution is 2.46. The van der Waals surface area contributed by atoms with Crippen LogP contribution in [0.3, 0.4) is 0 Å². The monoisotopic (exact) mass is 945 g/mol. The Kier molecular flexibility index (Phi) is 9.43. The van der Waals surface area contributed by atoms with Crippen LogP contribution in [0.2, 0.25) is 0 Å². The third kappa shape index (κ3) is 6.50. The van der Waals surface area contributed by atoms with Gasteiger partial charge in [-0.05, 0) is 94.0 Å². The average Bonchev–Trinajstić information content (AvgIpc) is 4.21. The van der Waals surface area contributed by atoms with Gasteiger partial charge in [0.2, 0.25) is 5.95 Å². The lowest BCUT2D eigenvalue weighted by atomic mass is 9.99. The standard InChI is InChI=1S/C67H43N7/c1-6-20-44(21-7-1)45-32-36-52(37-33-45)73-55-38-34-50(42-53(55)59-61(46-22-8-2-9-23-46)71-40-18-16-30-57(71)63(59)73)51-35-39-56-54(43-51)60-62(47-24-10-3-11-25-47)72-41-19-17-31-58(72)64(60)74(56)67-69-65(48-26-12-4-13-27-48)68-66(70-67)49-28-14-5-15-29-49/h1-43H. The van der Waals surface area contributed by atoms with Crippen molar-refractivity contribution < 1.29 is 0 Å². The van der Waals surface area contributed by atoms with Crippen molar-refractivity contribution >= 4 is 54.6 Å². The summed E-state index contributed by atoms with van der Waals surface area (Å²) < 4.78 is 9.40. The smallest absolute Gasteiger partial charge is 0.238 e. The first kappa shape index (κ1) is 41.7. The van der Waals surface area contributed by atoms with Gasteiger partial charge in [-0.1, -0.05) is 188 Å². The Bertz CT molecular complexity index is 4550. The molecular formula is C67H43N7. The molecule has 7 heterocycles. The van der Waals surface area contributed by atoms with Crippen molar-refractivity contribution in [3.8, 4) is 79.2 Å². The van der Waals surface area contributed by atoms with E-state index in [0.717, 1.165) is 83.1 Å². The Morgan fingerprint density at radius 3 is 1.12 bits per heavy atom. The summed E-state index contributed by atoms with van der Waals surface area (Å²) in [5.41, 5.74) is 18.7. The van der Waals surface area contributed by atoms with Crippen LogP contribution in [0.25, 0.3) is 134 Å². The van der Waals surface area contributed by atoms with Gasteiger partial charge in [0.1, 0.15) is 0 Å². The number of hydrogen-bond acceptors (Lipinski definition) is 3. The molecule has 0 atom stereocenters. The van der Waals surface area contributed by atoms with Gasteiger partial charge < -0.3 is 13.4 Å². The highest BCUT2D eigenvalue weighted by atomic mass is 15.2. The predicted octanol–water partition coefficient (Wildman–Crippen LogP) is 16.6. The molecule has 0 aliphatic rings. The van der Waals surface area contributed by atoms with E-state index in [1.807, 2.05) is 36.4 Å². The summed E-state index contributed by atoms with van der Waals surface area (Å²) in [6.07, 6.45) is 4.37. The van der Waals surface area contributed by atoms with E-state index in [-0.39, 0.29) is 0 Å². The van der Waals surface area contributed by atoms with Gasteiger partial charge in [-0.3, -0.25) is 4.57 Å². The topological polar surface area (TPSA) is 57.3 Å². The minimum absolute atomic E-state index is 0.553. The Morgan fingerprint density at radius 2 is 0.649 bits per heavy atom. The van der Waals surface area contributed by atoms with E-state index in [4.69, 9.17) is 15.0 Å². The van der Waals surface area contributed by atoms with E-state index in [0.29, 0.717) is 17.6 Å².